The fourth-order valence-corrected chi connectivity index (χ4v) is 6.63. The summed E-state index contributed by atoms with van der Waals surface area (Å²) in [6.45, 7) is 4.53. The lowest BCUT2D eigenvalue weighted by molar-refractivity contribution is -0.115. The van der Waals surface area contributed by atoms with Gasteiger partial charge in [-0.25, -0.2) is 8.42 Å². The first-order chi connectivity index (χ1) is 12.9. The summed E-state index contributed by atoms with van der Waals surface area (Å²) in [6.07, 6.45) is 6.40. The van der Waals surface area contributed by atoms with Crippen LogP contribution in [0, 0.1) is 0 Å². The standard InChI is InChI=1S/C19H27N3O3S2/c1-14-19(23)20-17-13-16(7-8-18(17)26-14)27(24,25)22-11-9-21(10-12-22)15-5-3-2-4-6-15/h7-8,13-15H,2-6,9-12H2,1H3,(H,20,23)/t14-/m1/s1. The monoisotopic (exact) mass is 409 g/mol. The van der Waals surface area contributed by atoms with Crippen LogP contribution in [0.3, 0.4) is 0 Å². The summed E-state index contributed by atoms with van der Waals surface area (Å²) in [7, 11) is -3.53. The van der Waals surface area contributed by atoms with Crippen LogP contribution in [-0.4, -0.2) is 61.0 Å². The van der Waals surface area contributed by atoms with Crippen molar-refractivity contribution < 1.29 is 13.2 Å². The van der Waals surface area contributed by atoms with E-state index in [9.17, 15) is 13.2 Å². The molecule has 0 aromatic heterocycles. The molecular weight excluding hydrogens is 382 g/mol. The summed E-state index contributed by atoms with van der Waals surface area (Å²) in [5.41, 5.74) is 0.602. The van der Waals surface area contributed by atoms with Crippen LogP contribution < -0.4 is 5.32 Å². The van der Waals surface area contributed by atoms with E-state index in [1.54, 1.807) is 22.5 Å². The lowest BCUT2D eigenvalue weighted by atomic mass is 9.94. The van der Waals surface area contributed by atoms with Crippen molar-refractivity contribution in [3.8, 4) is 0 Å². The Bertz CT molecular complexity index is 813. The van der Waals surface area contributed by atoms with Gasteiger partial charge < -0.3 is 5.32 Å². The first-order valence-electron chi connectivity index (χ1n) is 9.81. The molecule has 1 amide bonds. The molecule has 1 saturated heterocycles. The fraction of sp³-hybridized carbons (Fsp3) is 0.632. The number of amides is 1. The lowest BCUT2D eigenvalue weighted by Gasteiger charge is -2.40. The van der Waals surface area contributed by atoms with Crippen molar-refractivity contribution in [1.82, 2.24) is 9.21 Å². The highest BCUT2D eigenvalue weighted by atomic mass is 32.2. The molecule has 0 spiro atoms. The van der Waals surface area contributed by atoms with Gasteiger partial charge in [-0.2, -0.15) is 4.31 Å². The van der Waals surface area contributed by atoms with Crippen molar-refractivity contribution in [2.75, 3.05) is 31.5 Å². The van der Waals surface area contributed by atoms with Crippen LogP contribution in [0.5, 0.6) is 0 Å². The SMILES string of the molecule is C[C@H]1Sc2ccc(S(=O)(=O)N3CCN(C4CCCCC4)CC3)cc2NC1=O. The van der Waals surface area contributed by atoms with Crippen LogP contribution in [0.25, 0.3) is 0 Å². The molecule has 2 heterocycles. The first kappa shape index (κ1) is 19.2. The van der Waals surface area contributed by atoms with Gasteiger partial charge in [-0.05, 0) is 38.0 Å². The Morgan fingerprint density at radius 3 is 2.48 bits per heavy atom. The van der Waals surface area contributed by atoms with Gasteiger partial charge in [-0.1, -0.05) is 19.3 Å². The number of hydrogen-bond donors (Lipinski definition) is 1. The predicted molar refractivity (Wildman–Crippen MR) is 108 cm³/mol. The minimum Gasteiger partial charge on any atom is -0.324 e. The molecule has 0 unspecified atom stereocenters. The van der Waals surface area contributed by atoms with Crippen molar-refractivity contribution in [1.29, 1.82) is 0 Å². The zero-order valence-corrected chi connectivity index (χ0v) is 17.3. The summed E-state index contributed by atoms with van der Waals surface area (Å²) in [5, 5.41) is 2.66. The quantitative estimate of drug-likeness (QED) is 0.831. The van der Waals surface area contributed by atoms with Gasteiger partial charge in [0.15, 0.2) is 0 Å². The molecular formula is C19H27N3O3S2. The Kier molecular flexibility index (Phi) is 5.51. The molecule has 1 atom stereocenters. The highest BCUT2D eigenvalue weighted by Gasteiger charge is 2.32. The second-order valence-electron chi connectivity index (χ2n) is 7.64. The minimum atomic E-state index is -3.53. The number of benzene rings is 1. The van der Waals surface area contributed by atoms with Gasteiger partial charge in [0.25, 0.3) is 0 Å². The van der Waals surface area contributed by atoms with Gasteiger partial charge in [0, 0.05) is 37.1 Å². The lowest BCUT2D eigenvalue weighted by Crippen LogP contribution is -2.52. The second kappa shape index (κ2) is 7.73. The highest BCUT2D eigenvalue weighted by molar-refractivity contribution is 8.01. The molecule has 4 rings (SSSR count). The van der Waals surface area contributed by atoms with E-state index in [-0.39, 0.29) is 16.1 Å². The maximum Gasteiger partial charge on any atom is 0.243 e. The Hall–Kier alpha value is -1.09. The maximum atomic E-state index is 13.1. The summed E-state index contributed by atoms with van der Waals surface area (Å²) in [6, 6.07) is 5.70. The van der Waals surface area contributed by atoms with Crippen LogP contribution in [0.4, 0.5) is 5.69 Å². The van der Waals surface area contributed by atoms with Gasteiger partial charge in [-0.15, -0.1) is 11.8 Å². The molecule has 0 radical (unpaired) electrons. The summed E-state index contributed by atoms with van der Waals surface area (Å²) in [5.74, 6) is -0.0804. The van der Waals surface area contributed by atoms with Crippen molar-refractivity contribution >= 4 is 33.4 Å². The second-order valence-corrected chi connectivity index (χ2v) is 11.0. The molecule has 6 nitrogen and oxygen atoms in total. The zero-order valence-electron chi connectivity index (χ0n) is 15.7. The number of rotatable bonds is 3. The fourth-order valence-electron chi connectivity index (χ4n) is 4.25. The Labute approximate surface area is 165 Å². The number of nitrogens with one attached hydrogen (secondary N) is 1. The smallest absolute Gasteiger partial charge is 0.243 e. The summed E-state index contributed by atoms with van der Waals surface area (Å²) >= 11 is 1.46. The zero-order chi connectivity index (χ0) is 19.0. The van der Waals surface area contributed by atoms with Crippen LogP contribution in [-0.2, 0) is 14.8 Å². The van der Waals surface area contributed by atoms with E-state index >= 15 is 0 Å². The Balaban J connectivity index is 1.46. The number of anilines is 1. The van der Waals surface area contributed by atoms with E-state index in [4.69, 9.17) is 0 Å². The summed E-state index contributed by atoms with van der Waals surface area (Å²) < 4.78 is 27.8. The van der Waals surface area contributed by atoms with E-state index in [0.717, 1.165) is 18.0 Å². The molecule has 1 aliphatic carbocycles. The van der Waals surface area contributed by atoms with E-state index in [0.29, 0.717) is 24.8 Å². The molecule has 1 saturated carbocycles. The normalized spacial score (nSPS) is 25.8. The largest absolute Gasteiger partial charge is 0.324 e. The summed E-state index contributed by atoms with van der Waals surface area (Å²) in [4.78, 5) is 15.6. The number of fused-ring (bicyclic) bond motifs is 1. The molecule has 2 fully saturated rings. The molecule has 1 N–H and O–H groups in total. The van der Waals surface area contributed by atoms with E-state index in [2.05, 4.69) is 10.2 Å². The molecule has 3 aliphatic rings. The van der Waals surface area contributed by atoms with Crippen molar-refractivity contribution in [3.05, 3.63) is 18.2 Å². The minimum absolute atomic E-state index is 0.0804. The van der Waals surface area contributed by atoms with Gasteiger partial charge in [0.05, 0.1) is 15.8 Å². The van der Waals surface area contributed by atoms with Crippen molar-refractivity contribution in [2.24, 2.45) is 0 Å². The molecule has 1 aromatic carbocycles. The molecule has 1 aromatic rings. The van der Waals surface area contributed by atoms with Gasteiger partial charge in [0.2, 0.25) is 15.9 Å². The molecule has 27 heavy (non-hydrogen) atoms. The number of nitrogens with zero attached hydrogens (tertiary/aromatic N) is 2. The first-order valence-corrected chi connectivity index (χ1v) is 12.1. The van der Waals surface area contributed by atoms with Crippen LogP contribution in [0.15, 0.2) is 28.0 Å². The van der Waals surface area contributed by atoms with E-state index in [1.807, 2.05) is 6.92 Å². The number of piperazine rings is 1. The van der Waals surface area contributed by atoms with Crippen molar-refractivity contribution in [2.45, 2.75) is 60.1 Å². The Morgan fingerprint density at radius 2 is 1.78 bits per heavy atom. The van der Waals surface area contributed by atoms with E-state index in [1.165, 1.54) is 43.9 Å². The average Bonchev–Trinajstić information content (AvgIpc) is 2.69. The number of sulfonamides is 1. The van der Waals surface area contributed by atoms with Crippen LogP contribution in [0.2, 0.25) is 0 Å². The molecule has 8 heteroatoms. The van der Waals surface area contributed by atoms with E-state index < -0.39 is 10.0 Å². The van der Waals surface area contributed by atoms with Crippen molar-refractivity contribution in [3.63, 3.8) is 0 Å². The number of carbonyl (C=O) groups excluding carboxylic acids is 1. The average molecular weight is 410 g/mol. The number of thioether (sulfide) groups is 1. The van der Waals surface area contributed by atoms with Gasteiger partial charge >= 0.3 is 0 Å². The maximum absolute atomic E-state index is 13.1. The third kappa shape index (κ3) is 3.90. The number of carbonyl (C=O) groups is 1. The molecule has 2 aliphatic heterocycles. The van der Waals surface area contributed by atoms with Gasteiger partial charge in [0.1, 0.15) is 0 Å². The van der Waals surface area contributed by atoms with Crippen LogP contribution in [0.1, 0.15) is 39.0 Å². The molecule has 148 valence electrons. The highest BCUT2D eigenvalue weighted by Crippen LogP contribution is 2.37. The topological polar surface area (TPSA) is 69.7 Å². The Morgan fingerprint density at radius 1 is 1.07 bits per heavy atom. The third-order valence-corrected chi connectivity index (χ3v) is 8.96. The third-order valence-electron chi connectivity index (χ3n) is 5.88. The van der Waals surface area contributed by atoms with Gasteiger partial charge in [-0.3, -0.25) is 9.69 Å². The molecule has 0 bridgehead atoms. The predicted octanol–water partition coefficient (Wildman–Crippen LogP) is 2.76. The number of hydrogen-bond acceptors (Lipinski definition) is 5. The van der Waals surface area contributed by atoms with Crippen LogP contribution >= 0.6 is 11.8 Å².